The number of hydrogen-bond acceptors (Lipinski definition) is 4. The Morgan fingerprint density at radius 1 is 1.23 bits per heavy atom. The lowest BCUT2D eigenvalue weighted by Crippen LogP contribution is -2.47. The average Bonchev–Trinajstić information content (AvgIpc) is 3.11. The number of anilines is 1. The molecule has 2 unspecified atom stereocenters. The van der Waals surface area contributed by atoms with Crippen molar-refractivity contribution < 1.29 is 14.3 Å². The number of nitrogens with one attached hydrogen (secondary N) is 3. The van der Waals surface area contributed by atoms with Gasteiger partial charge in [0.2, 0.25) is 5.91 Å². The van der Waals surface area contributed by atoms with Gasteiger partial charge in [0.15, 0.2) is 0 Å². The third-order valence-corrected chi connectivity index (χ3v) is 6.41. The molecule has 2 heterocycles. The lowest BCUT2D eigenvalue weighted by molar-refractivity contribution is -0.123. The second-order valence-corrected chi connectivity index (χ2v) is 8.87. The van der Waals surface area contributed by atoms with E-state index in [1.165, 1.54) is 11.1 Å². The van der Waals surface area contributed by atoms with Gasteiger partial charge in [-0.2, -0.15) is 0 Å². The van der Waals surface area contributed by atoms with Gasteiger partial charge < -0.3 is 25.6 Å². The number of rotatable bonds is 4. The average molecular weight is 487 g/mol. The van der Waals surface area contributed by atoms with Gasteiger partial charge in [0.1, 0.15) is 6.04 Å². The number of nitrogens with zero attached hydrogens (tertiary/aromatic N) is 1. The first-order chi connectivity index (χ1) is 15.0. The fourth-order valence-electron chi connectivity index (χ4n) is 4.17. The van der Waals surface area contributed by atoms with Crippen LogP contribution in [0.4, 0.5) is 10.5 Å². The van der Waals surface area contributed by atoms with E-state index in [0.717, 1.165) is 36.1 Å². The van der Waals surface area contributed by atoms with E-state index in [4.69, 9.17) is 4.74 Å². The highest BCUT2D eigenvalue weighted by molar-refractivity contribution is 9.10. The molecule has 4 rings (SSSR count). The minimum atomic E-state index is -0.598. The molecule has 0 saturated carbocycles. The van der Waals surface area contributed by atoms with Gasteiger partial charge in [0, 0.05) is 42.5 Å². The predicted octanol–water partition coefficient (Wildman–Crippen LogP) is 3.32. The van der Waals surface area contributed by atoms with E-state index in [0.29, 0.717) is 18.7 Å². The fourth-order valence-corrected chi connectivity index (χ4v) is 4.43. The molecule has 3 amide bonds. The number of hydrogen-bond donors (Lipinski definition) is 3. The number of carbonyl (C=O) groups is 2. The number of methoxy groups -OCH3 is 1. The molecule has 0 spiro atoms. The Morgan fingerprint density at radius 2 is 2.03 bits per heavy atom. The number of carbonyl (C=O) groups excluding carboxylic acids is 2. The fraction of sp³-hybridized carbons (Fsp3) is 0.391. The van der Waals surface area contributed by atoms with Gasteiger partial charge in [-0.3, -0.25) is 4.79 Å². The molecule has 1 aromatic carbocycles. The number of likely N-dealkylation sites (tertiary alicyclic amines) is 1. The van der Waals surface area contributed by atoms with Gasteiger partial charge in [0.25, 0.3) is 0 Å². The summed E-state index contributed by atoms with van der Waals surface area (Å²) in [5.74, 6) is -0.195. The largest absolute Gasteiger partial charge is 0.380 e. The number of benzene rings is 1. The van der Waals surface area contributed by atoms with Gasteiger partial charge in [-0.25, -0.2) is 4.79 Å². The quantitative estimate of drug-likeness (QED) is 0.609. The summed E-state index contributed by atoms with van der Waals surface area (Å²) in [6, 6.07) is 6.43. The molecule has 8 heteroatoms. The minimum Gasteiger partial charge on any atom is -0.380 e. The summed E-state index contributed by atoms with van der Waals surface area (Å²) in [5, 5.41) is 9.30. The summed E-state index contributed by atoms with van der Waals surface area (Å²) >= 11 is 3.39. The molecule has 2 aliphatic heterocycles. The number of halogens is 1. The highest BCUT2D eigenvalue weighted by Crippen LogP contribution is 2.25. The van der Waals surface area contributed by atoms with Crippen LogP contribution in [0.1, 0.15) is 19.3 Å². The molecule has 1 fully saturated rings. The van der Waals surface area contributed by atoms with Crippen LogP contribution in [-0.4, -0.2) is 55.7 Å². The Balaban J connectivity index is 1.47. The lowest BCUT2D eigenvalue weighted by atomic mass is 9.99. The van der Waals surface area contributed by atoms with E-state index in [1.807, 2.05) is 30.3 Å². The van der Waals surface area contributed by atoms with E-state index in [-0.39, 0.29) is 18.0 Å². The van der Waals surface area contributed by atoms with Crippen molar-refractivity contribution in [2.45, 2.75) is 31.4 Å². The van der Waals surface area contributed by atoms with Crippen LogP contribution >= 0.6 is 15.9 Å². The highest BCUT2D eigenvalue weighted by Gasteiger charge is 2.40. The molecule has 3 aliphatic rings. The first-order valence-electron chi connectivity index (χ1n) is 10.5. The zero-order valence-electron chi connectivity index (χ0n) is 17.5. The molecule has 0 bridgehead atoms. The van der Waals surface area contributed by atoms with Crippen LogP contribution in [0.3, 0.4) is 0 Å². The summed E-state index contributed by atoms with van der Waals surface area (Å²) in [7, 11) is 1.61. The van der Waals surface area contributed by atoms with Gasteiger partial charge >= 0.3 is 6.03 Å². The van der Waals surface area contributed by atoms with E-state index < -0.39 is 6.04 Å². The van der Waals surface area contributed by atoms with E-state index in [2.05, 4.69) is 44.0 Å². The van der Waals surface area contributed by atoms with Crippen molar-refractivity contribution in [2.75, 3.05) is 32.1 Å². The second kappa shape index (κ2) is 9.80. The van der Waals surface area contributed by atoms with Crippen molar-refractivity contribution in [3.8, 4) is 0 Å². The summed E-state index contributed by atoms with van der Waals surface area (Å²) in [6.45, 7) is 2.20. The summed E-state index contributed by atoms with van der Waals surface area (Å²) in [6.07, 6.45) is 8.21. The molecule has 0 radical (unpaired) electrons. The Kier molecular flexibility index (Phi) is 6.89. The molecule has 31 heavy (non-hydrogen) atoms. The van der Waals surface area contributed by atoms with Crippen LogP contribution in [0.25, 0.3) is 0 Å². The second-order valence-electron chi connectivity index (χ2n) is 7.95. The maximum Gasteiger partial charge on any atom is 0.322 e. The predicted molar refractivity (Wildman–Crippen MR) is 124 cm³/mol. The zero-order valence-corrected chi connectivity index (χ0v) is 19.1. The van der Waals surface area contributed by atoms with Crippen LogP contribution in [0.2, 0.25) is 0 Å². The number of allylic oxidation sites excluding steroid dienone is 3. The van der Waals surface area contributed by atoms with E-state index >= 15 is 0 Å². The van der Waals surface area contributed by atoms with Gasteiger partial charge in [0.05, 0.1) is 6.10 Å². The van der Waals surface area contributed by atoms with Crippen molar-refractivity contribution >= 4 is 33.6 Å². The maximum absolute atomic E-state index is 13.2. The zero-order chi connectivity index (χ0) is 21.8. The molecular formula is C23H27BrN4O3. The molecule has 0 aromatic heterocycles. The van der Waals surface area contributed by atoms with Crippen molar-refractivity contribution in [3.05, 3.63) is 63.8 Å². The summed E-state index contributed by atoms with van der Waals surface area (Å²) < 4.78 is 6.40. The SMILES string of the molecule is COC1CC(C(=O)NC2=CC3=C(CC=C2)CNCC3)N(C(=O)Nc2ccc(Br)cc2)C1. The van der Waals surface area contributed by atoms with Crippen molar-refractivity contribution in [2.24, 2.45) is 0 Å². The van der Waals surface area contributed by atoms with Gasteiger partial charge in [-0.1, -0.05) is 22.0 Å². The first kappa shape index (κ1) is 21.8. The van der Waals surface area contributed by atoms with Crippen LogP contribution in [-0.2, 0) is 9.53 Å². The van der Waals surface area contributed by atoms with Gasteiger partial charge in [-0.15, -0.1) is 0 Å². The van der Waals surface area contributed by atoms with Crippen LogP contribution in [0.15, 0.2) is 63.8 Å². The van der Waals surface area contributed by atoms with Crippen molar-refractivity contribution in [3.63, 3.8) is 0 Å². The number of amides is 3. The third kappa shape index (κ3) is 5.26. The van der Waals surface area contributed by atoms with Gasteiger partial charge in [-0.05, 0) is 67.0 Å². The molecule has 164 valence electrons. The molecule has 3 N–H and O–H groups in total. The topological polar surface area (TPSA) is 82.7 Å². The normalized spacial score (nSPS) is 23.2. The number of urea groups is 1. The minimum absolute atomic E-state index is 0.177. The van der Waals surface area contributed by atoms with Crippen LogP contribution in [0, 0.1) is 0 Å². The standard InChI is InChI=1S/C23H27BrN4O3/c1-31-20-12-21(28(14-20)23(30)27-18-7-5-17(24)6-8-18)22(29)26-19-4-2-3-16-13-25-10-9-15(16)11-19/h2,4-8,11,20-21,25H,3,9-10,12-14H2,1H3,(H,26,29)(H,27,30). The maximum atomic E-state index is 13.2. The Labute approximate surface area is 190 Å². The van der Waals surface area contributed by atoms with Crippen molar-refractivity contribution in [1.82, 2.24) is 15.5 Å². The molecule has 2 atom stereocenters. The number of ether oxygens (including phenoxy) is 1. The summed E-state index contributed by atoms with van der Waals surface area (Å²) in [4.78, 5) is 27.7. The molecule has 7 nitrogen and oxygen atoms in total. The Hall–Kier alpha value is -2.42. The van der Waals surface area contributed by atoms with Crippen LogP contribution < -0.4 is 16.0 Å². The van der Waals surface area contributed by atoms with Crippen molar-refractivity contribution in [1.29, 1.82) is 0 Å². The first-order valence-corrected chi connectivity index (χ1v) is 11.3. The summed E-state index contributed by atoms with van der Waals surface area (Å²) in [5.41, 5.74) is 4.09. The molecule has 1 aliphatic carbocycles. The highest BCUT2D eigenvalue weighted by atomic mass is 79.9. The Morgan fingerprint density at radius 3 is 2.81 bits per heavy atom. The Bertz CT molecular complexity index is 939. The van der Waals surface area contributed by atoms with E-state index in [9.17, 15) is 9.59 Å². The third-order valence-electron chi connectivity index (χ3n) is 5.88. The van der Waals surface area contributed by atoms with Crippen LogP contribution in [0.5, 0.6) is 0 Å². The molecule has 1 saturated heterocycles. The van der Waals surface area contributed by atoms with E-state index in [1.54, 1.807) is 12.0 Å². The smallest absolute Gasteiger partial charge is 0.322 e. The monoisotopic (exact) mass is 486 g/mol. The lowest BCUT2D eigenvalue weighted by Gasteiger charge is -2.24. The molecular weight excluding hydrogens is 460 g/mol. The molecule has 1 aromatic rings.